The van der Waals surface area contributed by atoms with Gasteiger partial charge >= 0.3 is 0 Å². The molecule has 1 fully saturated rings. The van der Waals surface area contributed by atoms with Gasteiger partial charge in [-0.1, -0.05) is 24.3 Å². The molecule has 136 valence electrons. The molecule has 1 amide bonds. The Morgan fingerprint density at radius 2 is 1.58 bits per heavy atom. The summed E-state index contributed by atoms with van der Waals surface area (Å²) in [4.78, 5) is 28.7. The summed E-state index contributed by atoms with van der Waals surface area (Å²) in [7, 11) is 0. The molecule has 2 aromatic rings. The molecule has 0 bridgehead atoms. The second kappa shape index (κ2) is 8.13. The molecule has 0 atom stereocenters. The quantitative estimate of drug-likeness (QED) is 0.772. The molecule has 4 nitrogen and oxygen atoms in total. The lowest BCUT2D eigenvalue weighted by Gasteiger charge is -2.36. The highest BCUT2D eigenvalue weighted by atomic mass is 19.1. The third-order valence-electron chi connectivity index (χ3n) is 4.84. The topological polar surface area (TPSA) is 40.6 Å². The van der Waals surface area contributed by atoms with E-state index in [1.807, 2.05) is 36.1 Å². The average molecular weight is 354 g/mol. The van der Waals surface area contributed by atoms with Crippen LogP contribution in [-0.2, 0) is 4.79 Å². The Hall–Kier alpha value is -2.69. The molecule has 1 aliphatic rings. The normalized spacial score (nSPS) is 14.4. The monoisotopic (exact) mass is 354 g/mol. The van der Waals surface area contributed by atoms with E-state index in [0.29, 0.717) is 31.7 Å². The average Bonchev–Trinajstić information content (AvgIpc) is 2.67. The summed E-state index contributed by atoms with van der Waals surface area (Å²) in [5.41, 5.74) is 2.60. The Balaban J connectivity index is 1.48. The molecule has 0 aromatic heterocycles. The first-order valence-electron chi connectivity index (χ1n) is 8.92. The van der Waals surface area contributed by atoms with Crippen LogP contribution in [0.1, 0.15) is 28.8 Å². The Kier molecular flexibility index (Phi) is 5.66. The first-order chi connectivity index (χ1) is 12.5. The molecule has 3 rings (SSSR count). The van der Waals surface area contributed by atoms with Crippen molar-refractivity contribution in [2.24, 2.45) is 0 Å². The van der Waals surface area contributed by atoms with E-state index in [-0.39, 0.29) is 30.3 Å². The fourth-order valence-corrected chi connectivity index (χ4v) is 3.26. The molecule has 0 spiro atoms. The fourth-order valence-electron chi connectivity index (χ4n) is 3.26. The van der Waals surface area contributed by atoms with Crippen LogP contribution in [0.25, 0.3) is 0 Å². The lowest BCUT2D eigenvalue weighted by atomic mass is 10.0. The molecule has 1 saturated heterocycles. The molecule has 0 saturated carbocycles. The zero-order chi connectivity index (χ0) is 18.5. The van der Waals surface area contributed by atoms with Gasteiger partial charge in [0.25, 0.3) is 0 Å². The lowest BCUT2D eigenvalue weighted by Crippen LogP contribution is -2.48. The van der Waals surface area contributed by atoms with Gasteiger partial charge < -0.3 is 9.80 Å². The van der Waals surface area contributed by atoms with E-state index in [1.54, 1.807) is 12.1 Å². The van der Waals surface area contributed by atoms with Crippen molar-refractivity contribution >= 4 is 17.4 Å². The minimum absolute atomic E-state index is 0.0152. The van der Waals surface area contributed by atoms with Gasteiger partial charge in [0.1, 0.15) is 5.82 Å². The summed E-state index contributed by atoms with van der Waals surface area (Å²) in [6.07, 6.45) is 0.478. The third-order valence-corrected chi connectivity index (χ3v) is 4.84. The van der Waals surface area contributed by atoms with Gasteiger partial charge in [-0.2, -0.15) is 0 Å². The van der Waals surface area contributed by atoms with Crippen molar-refractivity contribution in [3.05, 3.63) is 65.5 Å². The number of carbonyl (C=O) groups is 2. The molecular weight excluding hydrogens is 331 g/mol. The third kappa shape index (κ3) is 4.28. The molecule has 0 unspecified atom stereocenters. The zero-order valence-electron chi connectivity index (χ0n) is 15.0. The summed E-state index contributed by atoms with van der Waals surface area (Å²) in [6, 6.07) is 13.9. The van der Waals surface area contributed by atoms with E-state index in [1.165, 1.54) is 12.1 Å². The number of piperazine rings is 1. The van der Waals surface area contributed by atoms with Crippen LogP contribution in [0.2, 0.25) is 0 Å². The maximum absolute atomic E-state index is 13.0. The van der Waals surface area contributed by atoms with Gasteiger partial charge in [0.15, 0.2) is 5.78 Å². The fraction of sp³-hybridized carbons (Fsp3) is 0.333. The van der Waals surface area contributed by atoms with Gasteiger partial charge in [0.2, 0.25) is 5.91 Å². The predicted molar refractivity (Wildman–Crippen MR) is 99.9 cm³/mol. The van der Waals surface area contributed by atoms with Crippen molar-refractivity contribution in [2.75, 3.05) is 31.1 Å². The molecule has 1 heterocycles. The number of hydrogen-bond acceptors (Lipinski definition) is 3. The number of hydrogen-bond donors (Lipinski definition) is 0. The van der Waals surface area contributed by atoms with E-state index >= 15 is 0 Å². The summed E-state index contributed by atoms with van der Waals surface area (Å²) >= 11 is 0. The predicted octanol–water partition coefficient (Wildman–Crippen LogP) is 3.45. The van der Waals surface area contributed by atoms with E-state index in [2.05, 4.69) is 4.90 Å². The summed E-state index contributed by atoms with van der Waals surface area (Å²) in [5.74, 6) is -0.215. The standard InChI is InChI=1S/C21H23FN2O2/c1-16-4-2-3-5-19(16)20(25)10-11-21(26)24-14-12-23(13-15-24)18-8-6-17(22)7-9-18/h2-9H,10-15H2,1H3. The highest BCUT2D eigenvalue weighted by molar-refractivity contribution is 5.99. The number of Topliss-reactive ketones (excluding diaryl/α,β-unsaturated/α-hetero) is 1. The summed E-state index contributed by atoms with van der Waals surface area (Å²) < 4.78 is 13.0. The van der Waals surface area contributed by atoms with E-state index in [9.17, 15) is 14.0 Å². The van der Waals surface area contributed by atoms with Gasteiger partial charge in [-0.25, -0.2) is 4.39 Å². The van der Waals surface area contributed by atoms with Crippen molar-refractivity contribution in [1.82, 2.24) is 4.90 Å². The van der Waals surface area contributed by atoms with E-state index in [0.717, 1.165) is 11.3 Å². The SMILES string of the molecule is Cc1ccccc1C(=O)CCC(=O)N1CCN(c2ccc(F)cc2)CC1. The van der Waals surface area contributed by atoms with Crippen molar-refractivity contribution in [1.29, 1.82) is 0 Å². The van der Waals surface area contributed by atoms with Crippen LogP contribution in [-0.4, -0.2) is 42.8 Å². The number of anilines is 1. The van der Waals surface area contributed by atoms with Gasteiger partial charge in [0, 0.05) is 50.3 Å². The van der Waals surface area contributed by atoms with Crippen molar-refractivity contribution in [3.8, 4) is 0 Å². The number of ketones is 1. The minimum atomic E-state index is -0.249. The molecule has 26 heavy (non-hydrogen) atoms. The molecular formula is C21H23FN2O2. The maximum atomic E-state index is 13.0. The Morgan fingerprint density at radius 3 is 2.23 bits per heavy atom. The molecule has 2 aromatic carbocycles. The van der Waals surface area contributed by atoms with Gasteiger partial charge in [0.05, 0.1) is 0 Å². The van der Waals surface area contributed by atoms with Crippen molar-refractivity contribution in [2.45, 2.75) is 19.8 Å². The molecule has 5 heteroatoms. The number of aryl methyl sites for hydroxylation is 1. The van der Waals surface area contributed by atoms with Crippen LogP contribution in [0.3, 0.4) is 0 Å². The number of rotatable bonds is 5. The van der Waals surface area contributed by atoms with Crippen LogP contribution in [0.15, 0.2) is 48.5 Å². The number of carbonyl (C=O) groups excluding carboxylic acids is 2. The first kappa shape index (κ1) is 18.1. The number of benzene rings is 2. The number of halogens is 1. The Morgan fingerprint density at radius 1 is 0.923 bits per heavy atom. The second-order valence-electron chi connectivity index (χ2n) is 6.58. The smallest absolute Gasteiger partial charge is 0.223 e. The number of nitrogens with zero attached hydrogens (tertiary/aromatic N) is 2. The molecule has 0 N–H and O–H groups in total. The number of amides is 1. The van der Waals surface area contributed by atoms with Gasteiger partial charge in [-0.15, -0.1) is 0 Å². The highest BCUT2D eigenvalue weighted by Gasteiger charge is 2.22. The summed E-state index contributed by atoms with van der Waals surface area (Å²) in [5, 5.41) is 0. The largest absolute Gasteiger partial charge is 0.368 e. The van der Waals surface area contributed by atoms with Gasteiger partial charge in [-0.05, 0) is 36.8 Å². The van der Waals surface area contributed by atoms with Gasteiger partial charge in [-0.3, -0.25) is 9.59 Å². The minimum Gasteiger partial charge on any atom is -0.368 e. The molecule has 0 aliphatic carbocycles. The Labute approximate surface area is 153 Å². The van der Waals surface area contributed by atoms with E-state index < -0.39 is 0 Å². The first-order valence-corrected chi connectivity index (χ1v) is 8.92. The van der Waals surface area contributed by atoms with Crippen molar-refractivity contribution in [3.63, 3.8) is 0 Å². The van der Waals surface area contributed by atoms with Crippen LogP contribution < -0.4 is 4.90 Å². The molecule has 0 radical (unpaired) electrons. The van der Waals surface area contributed by atoms with Crippen LogP contribution in [0, 0.1) is 12.7 Å². The lowest BCUT2D eigenvalue weighted by molar-refractivity contribution is -0.131. The van der Waals surface area contributed by atoms with Crippen LogP contribution >= 0.6 is 0 Å². The Bertz CT molecular complexity index is 781. The zero-order valence-corrected chi connectivity index (χ0v) is 15.0. The maximum Gasteiger partial charge on any atom is 0.223 e. The molecule has 1 aliphatic heterocycles. The highest BCUT2D eigenvalue weighted by Crippen LogP contribution is 2.18. The van der Waals surface area contributed by atoms with E-state index in [4.69, 9.17) is 0 Å². The summed E-state index contributed by atoms with van der Waals surface area (Å²) in [6.45, 7) is 4.57. The van der Waals surface area contributed by atoms with Crippen LogP contribution in [0.5, 0.6) is 0 Å². The van der Waals surface area contributed by atoms with Crippen LogP contribution in [0.4, 0.5) is 10.1 Å². The van der Waals surface area contributed by atoms with Crippen molar-refractivity contribution < 1.29 is 14.0 Å². The second-order valence-corrected chi connectivity index (χ2v) is 6.58.